The molecule has 2 aromatic carbocycles. The van der Waals surface area contributed by atoms with Crippen LogP contribution in [0.4, 0.5) is 0 Å². The molecule has 0 fully saturated rings. The average molecular weight is 501 g/mol. The Balaban J connectivity index is 0.000000700. The van der Waals surface area contributed by atoms with Crippen molar-refractivity contribution in [2.24, 2.45) is 0 Å². The number of hydrogen-bond donors (Lipinski definition) is 2. The molecule has 0 heterocycles. The van der Waals surface area contributed by atoms with E-state index >= 15 is 0 Å². The first-order valence-electron chi connectivity index (χ1n) is 12.6. The highest BCUT2D eigenvalue weighted by atomic mass is 32.1. The van der Waals surface area contributed by atoms with Gasteiger partial charge in [-0.3, -0.25) is 0 Å². The van der Waals surface area contributed by atoms with Crippen molar-refractivity contribution in [1.29, 1.82) is 0 Å². The maximum Gasteiger partial charge on any atom is 0.0121 e. The number of thiol groups is 2. The molecule has 0 aliphatic carbocycles. The van der Waals surface area contributed by atoms with Crippen LogP contribution in [0.5, 0.6) is 0 Å². The van der Waals surface area contributed by atoms with E-state index in [1.54, 1.807) is 0 Å². The van der Waals surface area contributed by atoms with Crippen LogP contribution in [0.25, 0.3) is 0 Å². The summed E-state index contributed by atoms with van der Waals surface area (Å²) in [5.41, 5.74) is 7.66. The fraction of sp³-hybridized carbons (Fsp3) is 0.625. The van der Waals surface area contributed by atoms with Crippen molar-refractivity contribution in [2.45, 2.75) is 141 Å². The van der Waals surface area contributed by atoms with Crippen LogP contribution in [0.1, 0.15) is 132 Å². The SMILES string of the molecule is CC(C)(C)c1c(S)c(C(C)(C)C)c(C(C)(C)C)c(C(C)(C)C)c1C(C)(C)C.Sc1ccccc1. The maximum atomic E-state index is 5.24. The van der Waals surface area contributed by atoms with E-state index in [-0.39, 0.29) is 27.1 Å². The smallest absolute Gasteiger partial charge is 0.0121 e. The van der Waals surface area contributed by atoms with Crippen LogP contribution in [0.15, 0.2) is 40.1 Å². The molecule has 0 spiro atoms. The number of benzene rings is 2. The van der Waals surface area contributed by atoms with Gasteiger partial charge in [-0.2, -0.15) is 0 Å². The van der Waals surface area contributed by atoms with Crippen molar-refractivity contribution >= 4 is 25.3 Å². The van der Waals surface area contributed by atoms with Crippen molar-refractivity contribution in [3.63, 3.8) is 0 Å². The summed E-state index contributed by atoms with van der Waals surface area (Å²) in [6.45, 7) is 35.4. The molecule has 0 atom stereocenters. The molecule has 0 aromatic heterocycles. The molecule has 0 bridgehead atoms. The van der Waals surface area contributed by atoms with Crippen LogP contribution in [-0.2, 0) is 27.1 Å². The van der Waals surface area contributed by atoms with Crippen molar-refractivity contribution in [3.8, 4) is 0 Å². The molecule has 0 amide bonds. The molecular weight excluding hydrogens is 448 g/mol. The fourth-order valence-electron chi connectivity index (χ4n) is 4.88. The molecule has 2 heteroatoms. The second-order valence-corrected chi connectivity index (χ2v) is 15.8. The van der Waals surface area contributed by atoms with Gasteiger partial charge in [-0.25, -0.2) is 0 Å². The van der Waals surface area contributed by atoms with Gasteiger partial charge in [0.2, 0.25) is 0 Å². The summed E-state index contributed by atoms with van der Waals surface area (Å²) in [5.74, 6) is 0. The Morgan fingerprint density at radius 1 is 0.382 bits per heavy atom. The zero-order chi connectivity index (χ0) is 27.1. The normalized spacial score (nSPS) is 13.4. The van der Waals surface area contributed by atoms with Crippen LogP contribution in [0.2, 0.25) is 0 Å². The molecule has 34 heavy (non-hydrogen) atoms. The van der Waals surface area contributed by atoms with Crippen LogP contribution < -0.4 is 0 Å². The third-order valence-electron chi connectivity index (χ3n) is 5.98. The Labute approximate surface area is 223 Å². The van der Waals surface area contributed by atoms with Crippen molar-refractivity contribution in [3.05, 3.63) is 58.1 Å². The minimum atomic E-state index is 0.0378. The Morgan fingerprint density at radius 2 is 0.618 bits per heavy atom. The van der Waals surface area contributed by atoms with Gasteiger partial charge in [-0.1, -0.05) is 122 Å². The average Bonchev–Trinajstić information content (AvgIpc) is 2.56. The van der Waals surface area contributed by atoms with Gasteiger partial charge in [0.05, 0.1) is 0 Å². The van der Waals surface area contributed by atoms with Gasteiger partial charge in [-0.05, 0) is 67.0 Å². The van der Waals surface area contributed by atoms with Gasteiger partial charge in [0, 0.05) is 9.79 Å². The number of hydrogen-bond acceptors (Lipinski definition) is 2. The van der Waals surface area contributed by atoms with E-state index < -0.39 is 0 Å². The summed E-state index contributed by atoms with van der Waals surface area (Å²) in [5, 5.41) is 0. The Hall–Kier alpha value is -0.860. The molecule has 2 rings (SSSR count). The molecule has 0 radical (unpaired) electrons. The van der Waals surface area contributed by atoms with E-state index in [0.717, 1.165) is 4.90 Å². The predicted octanol–water partition coefficient (Wildman–Crippen LogP) is 10.4. The summed E-state index contributed by atoms with van der Waals surface area (Å²) in [4.78, 5) is 2.22. The summed E-state index contributed by atoms with van der Waals surface area (Å²) in [7, 11) is 0. The quantitative estimate of drug-likeness (QED) is 0.330. The first kappa shape index (κ1) is 31.2. The number of rotatable bonds is 0. The molecule has 0 aliphatic heterocycles. The zero-order valence-electron chi connectivity index (χ0n) is 24.8. The Morgan fingerprint density at radius 3 is 0.794 bits per heavy atom. The fourth-order valence-corrected chi connectivity index (χ4v) is 5.94. The maximum absolute atomic E-state index is 5.24. The first-order valence-corrected chi connectivity index (χ1v) is 13.5. The molecular formula is C32H52S2. The summed E-state index contributed by atoms with van der Waals surface area (Å²) in [6.07, 6.45) is 0. The van der Waals surface area contributed by atoms with Crippen LogP contribution >= 0.6 is 25.3 Å². The van der Waals surface area contributed by atoms with E-state index in [1.807, 2.05) is 30.3 Å². The molecule has 0 aliphatic rings. The zero-order valence-corrected chi connectivity index (χ0v) is 26.6. The summed E-state index contributed by atoms with van der Waals surface area (Å²) >= 11 is 9.33. The third-order valence-corrected chi connectivity index (χ3v) is 6.73. The van der Waals surface area contributed by atoms with Crippen LogP contribution in [0, 0.1) is 0 Å². The minimum Gasteiger partial charge on any atom is -0.143 e. The van der Waals surface area contributed by atoms with Crippen LogP contribution in [-0.4, -0.2) is 0 Å². The van der Waals surface area contributed by atoms with Gasteiger partial charge >= 0.3 is 0 Å². The topological polar surface area (TPSA) is 0 Å². The highest BCUT2D eigenvalue weighted by molar-refractivity contribution is 7.80. The highest BCUT2D eigenvalue weighted by Crippen LogP contribution is 2.52. The standard InChI is InChI=1S/C26H46S.C6H6S/c1-22(2,3)16-17(23(4,5)6)19(25(10,11)12)21(27)20(26(13,14)15)18(16)24(7,8)9;7-6-4-2-1-3-5-6/h27H,1-15H3;1-5,7H. The minimum absolute atomic E-state index is 0.0378. The lowest BCUT2D eigenvalue weighted by Crippen LogP contribution is -2.36. The van der Waals surface area contributed by atoms with E-state index in [0.29, 0.717) is 0 Å². The second kappa shape index (κ2) is 10.3. The molecule has 192 valence electrons. The van der Waals surface area contributed by atoms with Gasteiger partial charge < -0.3 is 0 Å². The Kier molecular flexibility index (Phi) is 9.40. The summed E-state index contributed by atoms with van der Waals surface area (Å²) in [6, 6.07) is 9.79. The van der Waals surface area contributed by atoms with Gasteiger partial charge in [0.1, 0.15) is 0 Å². The monoisotopic (exact) mass is 500 g/mol. The van der Waals surface area contributed by atoms with E-state index in [2.05, 4.69) is 116 Å². The lowest BCUT2D eigenvalue weighted by atomic mass is 9.61. The molecule has 0 N–H and O–H groups in total. The predicted molar refractivity (Wildman–Crippen MR) is 161 cm³/mol. The molecule has 0 saturated heterocycles. The molecule has 0 nitrogen and oxygen atoms in total. The van der Waals surface area contributed by atoms with Crippen molar-refractivity contribution in [2.75, 3.05) is 0 Å². The van der Waals surface area contributed by atoms with Crippen molar-refractivity contribution in [1.82, 2.24) is 0 Å². The first-order chi connectivity index (χ1) is 14.9. The highest BCUT2D eigenvalue weighted by Gasteiger charge is 2.41. The summed E-state index contributed by atoms with van der Waals surface area (Å²) < 4.78 is 0. The van der Waals surface area contributed by atoms with Gasteiger partial charge in [-0.15, -0.1) is 25.3 Å². The second-order valence-electron chi connectivity index (χ2n) is 14.8. The van der Waals surface area contributed by atoms with E-state index in [9.17, 15) is 0 Å². The lowest BCUT2D eigenvalue weighted by Gasteiger charge is -2.45. The molecule has 2 aromatic rings. The van der Waals surface area contributed by atoms with Gasteiger partial charge in [0.15, 0.2) is 0 Å². The molecule has 0 saturated carbocycles. The van der Waals surface area contributed by atoms with Gasteiger partial charge in [0.25, 0.3) is 0 Å². The van der Waals surface area contributed by atoms with Crippen LogP contribution in [0.3, 0.4) is 0 Å². The largest absolute Gasteiger partial charge is 0.143 e. The molecule has 0 unspecified atom stereocenters. The third kappa shape index (κ3) is 7.57. The van der Waals surface area contributed by atoms with E-state index in [1.165, 1.54) is 32.7 Å². The Bertz CT molecular complexity index is 909. The van der Waals surface area contributed by atoms with E-state index in [4.69, 9.17) is 12.6 Å². The van der Waals surface area contributed by atoms with Crippen molar-refractivity contribution < 1.29 is 0 Å². The lowest BCUT2D eigenvalue weighted by molar-refractivity contribution is 0.449.